The molecule has 3 aromatic rings. The van der Waals surface area contributed by atoms with Gasteiger partial charge in [-0.1, -0.05) is 13.0 Å². The van der Waals surface area contributed by atoms with Crippen molar-refractivity contribution in [3.63, 3.8) is 0 Å². The van der Waals surface area contributed by atoms with Crippen molar-refractivity contribution in [3.05, 3.63) is 52.0 Å². The van der Waals surface area contributed by atoms with Gasteiger partial charge in [-0.05, 0) is 42.3 Å². The van der Waals surface area contributed by atoms with E-state index in [-0.39, 0.29) is 21.4 Å². The van der Waals surface area contributed by atoms with E-state index in [2.05, 4.69) is 26.3 Å². The van der Waals surface area contributed by atoms with Crippen molar-refractivity contribution in [1.29, 1.82) is 0 Å². The zero-order chi connectivity index (χ0) is 23.3. The number of aromatic nitrogens is 2. The Morgan fingerprint density at radius 2 is 1.88 bits per heavy atom. The highest BCUT2D eigenvalue weighted by Crippen LogP contribution is 2.39. The third-order valence-electron chi connectivity index (χ3n) is 5.26. The number of nitrogens with one attached hydrogen (secondary N) is 1. The van der Waals surface area contributed by atoms with Crippen molar-refractivity contribution in [3.8, 4) is 10.6 Å². The van der Waals surface area contributed by atoms with Crippen LogP contribution in [-0.4, -0.2) is 36.6 Å². The van der Waals surface area contributed by atoms with Crippen LogP contribution in [-0.2, 0) is 35.5 Å². The molecule has 0 saturated carbocycles. The molecule has 1 aromatic carbocycles. The van der Waals surface area contributed by atoms with Crippen LogP contribution < -0.4 is 5.32 Å². The average molecular weight is 483 g/mol. The number of halogens is 3. The van der Waals surface area contributed by atoms with E-state index in [9.17, 15) is 21.6 Å². The quantitative estimate of drug-likeness (QED) is 0.559. The van der Waals surface area contributed by atoms with Crippen LogP contribution in [0.5, 0.6) is 0 Å². The summed E-state index contributed by atoms with van der Waals surface area (Å²) in [7, 11) is -1.53. The Balaban J connectivity index is 1.77. The minimum Gasteiger partial charge on any atom is -0.324 e. The lowest BCUT2D eigenvalue weighted by Gasteiger charge is -2.15. The monoisotopic (exact) mass is 482 g/mol. The van der Waals surface area contributed by atoms with Crippen molar-refractivity contribution >= 4 is 32.8 Å². The summed E-state index contributed by atoms with van der Waals surface area (Å²) in [6.45, 7) is 3.64. The molecule has 11 heteroatoms. The van der Waals surface area contributed by atoms with Crippen molar-refractivity contribution in [2.75, 3.05) is 18.6 Å². The number of hydrogen-bond acceptors (Lipinski definition) is 7. The largest absolute Gasteiger partial charge is 0.420 e. The number of benzene rings is 1. The van der Waals surface area contributed by atoms with Gasteiger partial charge in [0.2, 0.25) is 5.95 Å². The molecule has 170 valence electrons. The summed E-state index contributed by atoms with van der Waals surface area (Å²) < 4.78 is 64.4. The number of thiophene rings is 1. The second-order valence-electron chi connectivity index (χ2n) is 7.80. The normalized spacial score (nSPS) is 14.6. The fourth-order valence-corrected chi connectivity index (χ4v) is 5.70. The number of anilines is 2. The first kappa shape index (κ1) is 22.7. The van der Waals surface area contributed by atoms with Gasteiger partial charge in [-0.15, -0.1) is 11.3 Å². The highest BCUT2D eigenvalue weighted by atomic mass is 32.2. The molecular formula is C21H21F3N4O2S2. The van der Waals surface area contributed by atoms with Crippen LogP contribution in [0.1, 0.15) is 29.2 Å². The molecule has 0 amide bonds. The van der Waals surface area contributed by atoms with Gasteiger partial charge in [-0.2, -0.15) is 13.2 Å². The fourth-order valence-electron chi connectivity index (χ4n) is 3.68. The zero-order valence-corrected chi connectivity index (χ0v) is 19.2. The van der Waals surface area contributed by atoms with E-state index in [0.29, 0.717) is 0 Å². The lowest BCUT2D eigenvalue weighted by atomic mass is 10.0. The maximum atomic E-state index is 13.6. The summed E-state index contributed by atoms with van der Waals surface area (Å²) >= 11 is 0.896. The van der Waals surface area contributed by atoms with E-state index in [1.54, 1.807) is 0 Å². The number of alkyl halides is 3. The lowest BCUT2D eigenvalue weighted by Crippen LogP contribution is -2.11. The molecule has 0 unspecified atom stereocenters. The maximum Gasteiger partial charge on any atom is 0.420 e. The van der Waals surface area contributed by atoms with Gasteiger partial charge in [0, 0.05) is 36.6 Å². The molecule has 2 aromatic heterocycles. The number of rotatable bonds is 5. The Kier molecular flexibility index (Phi) is 5.76. The first-order valence-electron chi connectivity index (χ1n) is 9.79. The molecule has 0 saturated heterocycles. The van der Waals surface area contributed by atoms with E-state index >= 15 is 0 Å². The second kappa shape index (κ2) is 8.13. The zero-order valence-electron chi connectivity index (χ0n) is 17.6. The topological polar surface area (TPSA) is 75.2 Å². The number of hydrogen-bond donors (Lipinski definition) is 1. The lowest BCUT2D eigenvalue weighted by molar-refractivity contribution is -0.137. The molecule has 4 rings (SSSR count). The summed E-state index contributed by atoms with van der Waals surface area (Å²) in [4.78, 5) is 10.3. The van der Waals surface area contributed by atoms with Gasteiger partial charge in [0.25, 0.3) is 0 Å². The summed E-state index contributed by atoms with van der Waals surface area (Å²) in [5.74, 6) is 0.0170. The fraction of sp³-hybridized carbons (Fsp3) is 0.333. The minimum absolute atomic E-state index is 0.0170. The van der Waals surface area contributed by atoms with Crippen LogP contribution in [0.15, 0.2) is 34.7 Å². The molecule has 3 heterocycles. The third-order valence-corrected chi connectivity index (χ3v) is 7.44. The van der Waals surface area contributed by atoms with Gasteiger partial charge in [-0.25, -0.2) is 18.4 Å². The number of sulfone groups is 1. The average Bonchev–Trinajstić information content (AvgIpc) is 3.32. The van der Waals surface area contributed by atoms with Crippen LogP contribution in [0.4, 0.5) is 24.8 Å². The molecule has 1 N–H and O–H groups in total. The van der Waals surface area contributed by atoms with Gasteiger partial charge >= 0.3 is 6.18 Å². The van der Waals surface area contributed by atoms with E-state index in [4.69, 9.17) is 0 Å². The molecule has 0 fully saturated rings. The molecular weight excluding hydrogens is 461 g/mol. The molecule has 0 atom stereocenters. The predicted molar refractivity (Wildman–Crippen MR) is 118 cm³/mol. The molecule has 32 heavy (non-hydrogen) atoms. The van der Waals surface area contributed by atoms with Crippen molar-refractivity contribution < 1.29 is 21.6 Å². The Bertz CT molecular complexity index is 1290. The van der Waals surface area contributed by atoms with Gasteiger partial charge in [0.15, 0.2) is 9.84 Å². The van der Waals surface area contributed by atoms with E-state index < -0.39 is 21.6 Å². The van der Waals surface area contributed by atoms with Crippen LogP contribution in [0.3, 0.4) is 0 Å². The highest BCUT2D eigenvalue weighted by Gasteiger charge is 2.36. The highest BCUT2D eigenvalue weighted by molar-refractivity contribution is 7.90. The molecule has 1 aliphatic heterocycles. The van der Waals surface area contributed by atoms with Crippen molar-refractivity contribution in [2.45, 2.75) is 37.5 Å². The molecule has 1 aliphatic rings. The Hall–Kier alpha value is -2.50. The van der Waals surface area contributed by atoms with Gasteiger partial charge in [0.05, 0.1) is 15.5 Å². The number of fused-ring (bicyclic) bond motifs is 1. The van der Waals surface area contributed by atoms with Gasteiger partial charge in [0.1, 0.15) is 5.56 Å². The summed E-state index contributed by atoms with van der Waals surface area (Å²) in [6.07, 6.45) is -2.21. The smallest absolute Gasteiger partial charge is 0.324 e. The van der Waals surface area contributed by atoms with Crippen molar-refractivity contribution in [2.24, 2.45) is 0 Å². The van der Waals surface area contributed by atoms with Crippen LogP contribution >= 0.6 is 11.3 Å². The molecule has 0 bridgehead atoms. The first-order chi connectivity index (χ1) is 15.0. The second-order valence-corrected chi connectivity index (χ2v) is 10.7. The maximum absolute atomic E-state index is 13.6. The predicted octanol–water partition coefficient (Wildman–Crippen LogP) is 4.88. The molecule has 6 nitrogen and oxygen atoms in total. The third kappa shape index (κ3) is 4.50. The number of nitrogens with zero attached hydrogens (tertiary/aromatic N) is 3. The molecule has 0 spiro atoms. The van der Waals surface area contributed by atoms with Crippen molar-refractivity contribution in [1.82, 2.24) is 14.9 Å². The Morgan fingerprint density at radius 1 is 1.19 bits per heavy atom. The van der Waals surface area contributed by atoms with E-state index in [0.717, 1.165) is 60.1 Å². The van der Waals surface area contributed by atoms with Crippen LogP contribution in [0.2, 0.25) is 0 Å². The first-order valence-corrected chi connectivity index (χ1v) is 12.6. The molecule has 0 aliphatic carbocycles. The number of aryl methyl sites for hydroxylation is 1. The summed E-state index contributed by atoms with van der Waals surface area (Å²) in [5.41, 5.74) is 2.77. The Morgan fingerprint density at radius 3 is 2.47 bits per heavy atom. The van der Waals surface area contributed by atoms with E-state index in [1.807, 2.05) is 20.0 Å². The van der Waals surface area contributed by atoms with Gasteiger partial charge < -0.3 is 5.32 Å². The standard InChI is InChI=1S/C21H21F3N4O2S2/c1-4-12-5-13-9-28(2)10-14(13)6-17(12)26-20-25-8-16(21(22,23)24)19(27-20)18-7-15(11-31-18)32(3,29)30/h5-8,11H,4,9-10H2,1-3H3,(H,25,26,27). The summed E-state index contributed by atoms with van der Waals surface area (Å²) in [5, 5.41) is 4.38. The van der Waals surface area contributed by atoms with Crippen LogP contribution in [0.25, 0.3) is 10.6 Å². The summed E-state index contributed by atoms with van der Waals surface area (Å²) in [6, 6.07) is 5.30. The minimum atomic E-state index is -4.68. The van der Waals surface area contributed by atoms with Crippen LogP contribution in [0, 0.1) is 0 Å². The van der Waals surface area contributed by atoms with Gasteiger partial charge in [-0.3, -0.25) is 4.90 Å². The molecule has 0 radical (unpaired) electrons. The van der Waals surface area contributed by atoms with E-state index in [1.165, 1.54) is 17.0 Å². The Labute approximate surface area is 188 Å². The SMILES string of the molecule is CCc1cc2c(cc1Nc1ncc(C(F)(F)F)c(-c3cc(S(C)(=O)=O)cs3)n1)CN(C)C2.